The van der Waals surface area contributed by atoms with E-state index in [9.17, 15) is 0 Å². The molecule has 0 aromatic carbocycles. The molecular formula is C10H15BrS. The van der Waals surface area contributed by atoms with Crippen molar-refractivity contribution < 1.29 is 0 Å². The Balaban J connectivity index is 2.52. The Labute approximate surface area is 87.1 Å². The maximum Gasteiger partial charge on any atom is 0.0165 e. The first-order valence-electron chi connectivity index (χ1n) is 4.44. The summed E-state index contributed by atoms with van der Waals surface area (Å²) >= 11 is 5.52. The van der Waals surface area contributed by atoms with E-state index >= 15 is 0 Å². The van der Waals surface area contributed by atoms with Crippen molar-refractivity contribution in [2.45, 2.75) is 37.9 Å². The van der Waals surface area contributed by atoms with Gasteiger partial charge in [-0.1, -0.05) is 36.2 Å². The van der Waals surface area contributed by atoms with Gasteiger partial charge in [-0.2, -0.15) is 0 Å². The molecule has 68 valence electrons. The summed E-state index contributed by atoms with van der Waals surface area (Å²) in [6.45, 7) is 4.42. The van der Waals surface area contributed by atoms with Crippen molar-refractivity contribution in [2.24, 2.45) is 0 Å². The highest BCUT2D eigenvalue weighted by atomic mass is 79.9. The van der Waals surface area contributed by atoms with Crippen molar-refractivity contribution in [1.82, 2.24) is 0 Å². The van der Waals surface area contributed by atoms with Crippen LogP contribution in [0.1, 0.15) is 30.0 Å². The van der Waals surface area contributed by atoms with Gasteiger partial charge in [0.15, 0.2) is 0 Å². The molecule has 0 aliphatic rings. The monoisotopic (exact) mass is 246 g/mol. The van der Waals surface area contributed by atoms with Crippen molar-refractivity contribution >= 4 is 27.3 Å². The van der Waals surface area contributed by atoms with Crippen LogP contribution in [0.25, 0.3) is 0 Å². The number of rotatable bonds is 4. The predicted octanol–water partition coefficient (Wildman–Crippen LogP) is 4.03. The van der Waals surface area contributed by atoms with Crippen LogP contribution >= 0.6 is 27.3 Å². The van der Waals surface area contributed by atoms with Crippen molar-refractivity contribution in [3.63, 3.8) is 0 Å². The average molecular weight is 247 g/mol. The molecule has 0 nitrogen and oxygen atoms in total. The van der Waals surface area contributed by atoms with Crippen LogP contribution in [0, 0.1) is 0 Å². The van der Waals surface area contributed by atoms with Gasteiger partial charge in [0.25, 0.3) is 0 Å². The normalized spacial score (nSPS) is 13.2. The van der Waals surface area contributed by atoms with Crippen LogP contribution in [0.3, 0.4) is 0 Å². The van der Waals surface area contributed by atoms with Crippen molar-refractivity contribution in [2.75, 3.05) is 0 Å². The van der Waals surface area contributed by atoms with Crippen LogP contribution in [0.2, 0.25) is 0 Å². The Morgan fingerprint density at radius 3 is 2.67 bits per heavy atom. The summed E-state index contributed by atoms with van der Waals surface area (Å²) in [6.07, 6.45) is 3.65. The highest BCUT2D eigenvalue weighted by Gasteiger charge is 2.02. The molecule has 0 radical (unpaired) electrons. The SMILES string of the molecule is CCCc1ccc(CC(C)Br)s1. The lowest BCUT2D eigenvalue weighted by atomic mass is 10.2. The molecule has 1 unspecified atom stereocenters. The minimum Gasteiger partial charge on any atom is -0.145 e. The van der Waals surface area contributed by atoms with Crippen LogP contribution in [0.4, 0.5) is 0 Å². The molecule has 12 heavy (non-hydrogen) atoms. The maximum absolute atomic E-state index is 3.57. The van der Waals surface area contributed by atoms with E-state index in [1.54, 1.807) is 0 Å². The van der Waals surface area contributed by atoms with E-state index in [-0.39, 0.29) is 0 Å². The van der Waals surface area contributed by atoms with Crippen LogP contribution in [0.5, 0.6) is 0 Å². The molecule has 0 saturated carbocycles. The first-order chi connectivity index (χ1) is 5.72. The van der Waals surface area contributed by atoms with E-state index in [0.717, 1.165) is 6.42 Å². The zero-order chi connectivity index (χ0) is 8.97. The molecule has 1 atom stereocenters. The van der Waals surface area contributed by atoms with E-state index < -0.39 is 0 Å². The molecule has 0 bridgehead atoms. The molecular weight excluding hydrogens is 232 g/mol. The molecule has 0 fully saturated rings. The fourth-order valence-electron chi connectivity index (χ4n) is 1.19. The van der Waals surface area contributed by atoms with Crippen LogP contribution in [-0.2, 0) is 12.8 Å². The Kier molecular flexibility index (Phi) is 4.30. The van der Waals surface area contributed by atoms with Gasteiger partial charge in [0.2, 0.25) is 0 Å². The summed E-state index contributed by atoms with van der Waals surface area (Å²) in [5, 5.41) is 0. The fourth-order valence-corrected chi connectivity index (χ4v) is 3.00. The lowest BCUT2D eigenvalue weighted by Gasteiger charge is -1.97. The summed E-state index contributed by atoms with van der Waals surface area (Å²) in [4.78, 5) is 3.63. The van der Waals surface area contributed by atoms with Crippen molar-refractivity contribution in [3.05, 3.63) is 21.9 Å². The number of aryl methyl sites for hydroxylation is 1. The predicted molar refractivity (Wildman–Crippen MR) is 60.4 cm³/mol. The topological polar surface area (TPSA) is 0 Å². The second-order valence-electron chi connectivity index (χ2n) is 3.10. The largest absolute Gasteiger partial charge is 0.145 e. The van der Waals surface area contributed by atoms with E-state index in [1.165, 1.54) is 22.6 Å². The Hall–Kier alpha value is 0.180. The Morgan fingerprint density at radius 1 is 1.42 bits per heavy atom. The summed E-state index contributed by atoms with van der Waals surface area (Å²) < 4.78 is 0. The number of hydrogen-bond donors (Lipinski definition) is 0. The standard InChI is InChI=1S/C10H15BrS/c1-3-4-9-5-6-10(12-9)7-8(2)11/h5-6,8H,3-4,7H2,1-2H3. The summed E-state index contributed by atoms with van der Waals surface area (Å²) in [5.41, 5.74) is 0. The van der Waals surface area contributed by atoms with Gasteiger partial charge in [-0.15, -0.1) is 11.3 Å². The minimum atomic E-state index is 0.602. The highest BCUT2D eigenvalue weighted by Crippen LogP contribution is 2.20. The van der Waals surface area contributed by atoms with Gasteiger partial charge in [-0.05, 0) is 25.0 Å². The molecule has 0 amide bonds. The molecule has 1 heterocycles. The summed E-state index contributed by atoms with van der Waals surface area (Å²) in [6, 6.07) is 4.52. The average Bonchev–Trinajstić information content (AvgIpc) is 2.36. The van der Waals surface area contributed by atoms with Crippen molar-refractivity contribution in [1.29, 1.82) is 0 Å². The van der Waals surface area contributed by atoms with Gasteiger partial charge in [-0.25, -0.2) is 0 Å². The molecule has 0 aliphatic heterocycles. The third-order valence-electron chi connectivity index (χ3n) is 1.70. The maximum atomic E-state index is 3.57. The van der Waals surface area contributed by atoms with Crippen LogP contribution in [-0.4, -0.2) is 4.83 Å². The third-order valence-corrected chi connectivity index (χ3v) is 3.19. The zero-order valence-corrected chi connectivity index (χ0v) is 10.0. The second-order valence-corrected chi connectivity index (χ2v) is 5.92. The van der Waals surface area contributed by atoms with Gasteiger partial charge in [0, 0.05) is 14.6 Å². The first-order valence-corrected chi connectivity index (χ1v) is 6.17. The fraction of sp³-hybridized carbons (Fsp3) is 0.600. The van der Waals surface area contributed by atoms with Crippen molar-refractivity contribution in [3.8, 4) is 0 Å². The van der Waals surface area contributed by atoms with E-state index in [0.29, 0.717) is 4.83 Å². The van der Waals surface area contributed by atoms with Gasteiger partial charge in [-0.3, -0.25) is 0 Å². The smallest absolute Gasteiger partial charge is 0.0165 e. The number of thiophene rings is 1. The molecule has 0 saturated heterocycles. The molecule has 1 rings (SSSR count). The molecule has 1 aromatic heterocycles. The first kappa shape index (κ1) is 10.3. The molecule has 0 spiro atoms. The Morgan fingerprint density at radius 2 is 2.08 bits per heavy atom. The quantitative estimate of drug-likeness (QED) is 0.705. The lowest BCUT2D eigenvalue weighted by Crippen LogP contribution is -1.92. The van der Waals surface area contributed by atoms with Gasteiger partial charge >= 0.3 is 0 Å². The number of halogens is 1. The number of alkyl halides is 1. The van der Waals surface area contributed by atoms with E-state index in [2.05, 4.69) is 41.9 Å². The Bertz CT molecular complexity index is 227. The zero-order valence-electron chi connectivity index (χ0n) is 7.64. The summed E-state index contributed by atoms with van der Waals surface area (Å²) in [5.74, 6) is 0. The minimum absolute atomic E-state index is 0.602. The highest BCUT2D eigenvalue weighted by molar-refractivity contribution is 9.09. The summed E-state index contributed by atoms with van der Waals surface area (Å²) in [7, 11) is 0. The van der Waals surface area contributed by atoms with Gasteiger partial charge in [0.05, 0.1) is 0 Å². The van der Waals surface area contributed by atoms with Crippen LogP contribution < -0.4 is 0 Å². The van der Waals surface area contributed by atoms with E-state index in [1.807, 2.05) is 11.3 Å². The van der Waals surface area contributed by atoms with E-state index in [4.69, 9.17) is 0 Å². The molecule has 2 heteroatoms. The second kappa shape index (κ2) is 5.03. The van der Waals surface area contributed by atoms with Gasteiger partial charge in [0.1, 0.15) is 0 Å². The molecule has 0 N–H and O–H groups in total. The molecule has 1 aromatic rings. The van der Waals surface area contributed by atoms with Gasteiger partial charge < -0.3 is 0 Å². The molecule has 0 aliphatic carbocycles. The third kappa shape index (κ3) is 3.28. The lowest BCUT2D eigenvalue weighted by molar-refractivity contribution is 0.940. The number of hydrogen-bond acceptors (Lipinski definition) is 1. The van der Waals surface area contributed by atoms with Crippen LogP contribution in [0.15, 0.2) is 12.1 Å².